The minimum absolute atomic E-state index is 0.656. The summed E-state index contributed by atoms with van der Waals surface area (Å²) >= 11 is 2.03. The van der Waals surface area contributed by atoms with Gasteiger partial charge in [-0.25, -0.2) is 0 Å². The van der Waals surface area contributed by atoms with Crippen molar-refractivity contribution in [1.82, 2.24) is 4.90 Å². The van der Waals surface area contributed by atoms with Gasteiger partial charge in [-0.3, -0.25) is 4.90 Å². The largest absolute Gasteiger partial charge is 0.299 e. The van der Waals surface area contributed by atoms with Crippen molar-refractivity contribution < 1.29 is 0 Å². The Labute approximate surface area is 122 Å². The predicted octanol–water partition coefficient (Wildman–Crippen LogP) is 4.53. The van der Waals surface area contributed by atoms with Crippen LogP contribution in [0.2, 0.25) is 0 Å². The lowest BCUT2D eigenvalue weighted by molar-refractivity contribution is 0.177. The highest BCUT2D eigenvalue weighted by molar-refractivity contribution is 7.98. The van der Waals surface area contributed by atoms with E-state index >= 15 is 0 Å². The van der Waals surface area contributed by atoms with E-state index in [1.165, 1.54) is 38.8 Å². The van der Waals surface area contributed by atoms with Gasteiger partial charge in [0, 0.05) is 11.3 Å². The summed E-state index contributed by atoms with van der Waals surface area (Å²) in [4.78, 5) is 2.73. The zero-order chi connectivity index (χ0) is 13.7. The molecule has 19 heavy (non-hydrogen) atoms. The Hall–Kier alpha value is -0.470. The van der Waals surface area contributed by atoms with Crippen molar-refractivity contribution >= 4 is 11.8 Å². The molecule has 1 aromatic rings. The molecule has 106 valence electrons. The highest BCUT2D eigenvalue weighted by Gasteiger charge is 2.32. The summed E-state index contributed by atoms with van der Waals surface area (Å²) < 4.78 is 0. The van der Waals surface area contributed by atoms with Crippen LogP contribution in [-0.2, 0) is 6.42 Å². The van der Waals surface area contributed by atoms with Crippen LogP contribution < -0.4 is 0 Å². The van der Waals surface area contributed by atoms with Crippen LogP contribution in [0, 0.1) is 0 Å². The number of fused-ring (bicyclic) bond motifs is 1. The summed E-state index contributed by atoms with van der Waals surface area (Å²) in [6, 6.07) is 9.78. The smallest absolute Gasteiger partial charge is 0.0452 e. The van der Waals surface area contributed by atoms with Crippen molar-refractivity contribution in [3.05, 3.63) is 35.4 Å². The van der Waals surface area contributed by atoms with E-state index in [4.69, 9.17) is 0 Å². The molecule has 0 radical (unpaired) electrons. The third kappa shape index (κ3) is 3.35. The zero-order valence-corrected chi connectivity index (χ0v) is 13.4. The molecule has 0 saturated carbocycles. The first kappa shape index (κ1) is 14.9. The Bertz CT molecular complexity index is 385. The Morgan fingerprint density at radius 2 is 1.84 bits per heavy atom. The summed E-state index contributed by atoms with van der Waals surface area (Å²) in [7, 11) is 0. The highest BCUT2D eigenvalue weighted by Crippen LogP contribution is 2.41. The molecule has 1 aliphatic carbocycles. The Kier molecular flexibility index (Phi) is 5.77. The molecule has 0 heterocycles. The molecule has 0 fully saturated rings. The second kappa shape index (κ2) is 7.35. The molecule has 2 unspecified atom stereocenters. The normalized spacial score (nSPS) is 22.5. The van der Waals surface area contributed by atoms with Crippen molar-refractivity contribution in [2.45, 2.75) is 50.8 Å². The lowest BCUT2D eigenvalue weighted by Crippen LogP contribution is -2.42. The van der Waals surface area contributed by atoms with Crippen molar-refractivity contribution in [3.8, 4) is 0 Å². The highest BCUT2D eigenvalue weighted by atomic mass is 32.2. The first-order valence-electron chi connectivity index (χ1n) is 7.66. The molecule has 0 aliphatic heterocycles. The fourth-order valence-corrected chi connectivity index (χ4v) is 4.48. The summed E-state index contributed by atoms with van der Waals surface area (Å²) in [6.07, 6.45) is 7.37. The second-order valence-corrected chi connectivity index (χ2v) is 6.48. The van der Waals surface area contributed by atoms with E-state index in [0.29, 0.717) is 5.25 Å². The van der Waals surface area contributed by atoms with E-state index in [1.54, 1.807) is 11.1 Å². The standard InChI is InChI=1S/C17H27NS/c1-4-12-18(13-5-2)16-11-10-14-8-6-7-9-15(14)17(16)19-3/h6-9,16-17H,4-5,10-13H2,1-3H3. The number of nitrogens with zero attached hydrogens (tertiary/aromatic N) is 1. The molecule has 2 atom stereocenters. The van der Waals surface area contributed by atoms with E-state index < -0.39 is 0 Å². The molecule has 0 saturated heterocycles. The lowest BCUT2D eigenvalue weighted by atomic mass is 9.86. The lowest BCUT2D eigenvalue weighted by Gasteiger charge is -2.40. The Morgan fingerprint density at radius 3 is 2.47 bits per heavy atom. The zero-order valence-electron chi connectivity index (χ0n) is 12.6. The number of aryl methyl sites for hydroxylation is 1. The van der Waals surface area contributed by atoms with Crippen LogP contribution in [0.4, 0.5) is 0 Å². The molecule has 1 aromatic carbocycles. The molecule has 1 nitrogen and oxygen atoms in total. The van der Waals surface area contributed by atoms with Gasteiger partial charge in [0.05, 0.1) is 0 Å². The van der Waals surface area contributed by atoms with Crippen LogP contribution in [0.25, 0.3) is 0 Å². The Balaban J connectivity index is 2.22. The molecule has 0 spiro atoms. The number of hydrogen-bond donors (Lipinski definition) is 0. The average molecular weight is 277 g/mol. The maximum atomic E-state index is 2.73. The van der Waals surface area contributed by atoms with Gasteiger partial charge in [0.2, 0.25) is 0 Å². The molecule has 2 rings (SSSR count). The summed E-state index contributed by atoms with van der Waals surface area (Å²) in [5, 5.41) is 0.656. The number of benzene rings is 1. The van der Waals surface area contributed by atoms with Crippen LogP contribution in [0.5, 0.6) is 0 Å². The van der Waals surface area contributed by atoms with Crippen molar-refractivity contribution in [3.63, 3.8) is 0 Å². The van der Waals surface area contributed by atoms with Gasteiger partial charge < -0.3 is 0 Å². The monoisotopic (exact) mass is 277 g/mol. The predicted molar refractivity (Wildman–Crippen MR) is 87.0 cm³/mol. The van der Waals surface area contributed by atoms with Gasteiger partial charge in [-0.15, -0.1) is 0 Å². The third-order valence-electron chi connectivity index (χ3n) is 4.17. The summed E-state index contributed by atoms with van der Waals surface area (Å²) in [6.45, 7) is 7.09. The number of hydrogen-bond acceptors (Lipinski definition) is 2. The van der Waals surface area contributed by atoms with E-state index in [9.17, 15) is 0 Å². The minimum Gasteiger partial charge on any atom is -0.299 e. The van der Waals surface area contributed by atoms with Crippen molar-refractivity contribution in [2.24, 2.45) is 0 Å². The number of rotatable bonds is 6. The van der Waals surface area contributed by atoms with Gasteiger partial charge in [0.15, 0.2) is 0 Å². The average Bonchev–Trinajstić information content (AvgIpc) is 2.46. The van der Waals surface area contributed by atoms with Crippen LogP contribution in [0.15, 0.2) is 24.3 Å². The van der Waals surface area contributed by atoms with Gasteiger partial charge in [-0.1, -0.05) is 38.1 Å². The van der Waals surface area contributed by atoms with Crippen molar-refractivity contribution in [2.75, 3.05) is 19.3 Å². The molecular formula is C17H27NS. The van der Waals surface area contributed by atoms with Gasteiger partial charge in [0.25, 0.3) is 0 Å². The molecule has 0 bridgehead atoms. The topological polar surface area (TPSA) is 3.24 Å². The molecule has 2 heteroatoms. The molecule has 0 aromatic heterocycles. The Morgan fingerprint density at radius 1 is 1.16 bits per heavy atom. The van der Waals surface area contributed by atoms with E-state index in [0.717, 1.165) is 6.04 Å². The maximum absolute atomic E-state index is 2.73. The van der Waals surface area contributed by atoms with Crippen molar-refractivity contribution in [1.29, 1.82) is 0 Å². The van der Waals surface area contributed by atoms with Gasteiger partial charge in [-0.2, -0.15) is 11.8 Å². The first-order chi connectivity index (χ1) is 9.31. The van der Waals surface area contributed by atoms with Gasteiger partial charge >= 0.3 is 0 Å². The fraction of sp³-hybridized carbons (Fsp3) is 0.647. The van der Waals surface area contributed by atoms with E-state index in [-0.39, 0.29) is 0 Å². The van der Waals surface area contributed by atoms with Gasteiger partial charge in [0.1, 0.15) is 0 Å². The second-order valence-electron chi connectivity index (χ2n) is 5.50. The van der Waals surface area contributed by atoms with Crippen LogP contribution >= 0.6 is 11.8 Å². The van der Waals surface area contributed by atoms with Crippen LogP contribution in [-0.4, -0.2) is 30.3 Å². The van der Waals surface area contributed by atoms with Crippen LogP contribution in [0.1, 0.15) is 49.5 Å². The van der Waals surface area contributed by atoms with Crippen LogP contribution in [0.3, 0.4) is 0 Å². The molecule has 0 amide bonds. The molecule has 1 aliphatic rings. The first-order valence-corrected chi connectivity index (χ1v) is 8.95. The fourth-order valence-electron chi connectivity index (χ4n) is 3.38. The SMILES string of the molecule is CCCN(CCC)C1CCc2ccccc2C1SC. The minimum atomic E-state index is 0.656. The van der Waals surface area contributed by atoms with Gasteiger partial charge in [-0.05, 0) is 56.2 Å². The summed E-state index contributed by atoms with van der Waals surface area (Å²) in [5.74, 6) is 0. The molecular weight excluding hydrogens is 250 g/mol. The molecule has 0 N–H and O–H groups in total. The van der Waals surface area contributed by atoms with E-state index in [2.05, 4.69) is 49.3 Å². The quantitative estimate of drug-likeness (QED) is 0.751. The number of thioether (sulfide) groups is 1. The van der Waals surface area contributed by atoms with E-state index in [1.807, 2.05) is 11.8 Å². The summed E-state index contributed by atoms with van der Waals surface area (Å²) in [5.41, 5.74) is 3.16. The third-order valence-corrected chi connectivity index (χ3v) is 5.24. The maximum Gasteiger partial charge on any atom is 0.0452 e.